The van der Waals surface area contributed by atoms with Gasteiger partial charge in [-0.15, -0.1) is 0 Å². The zero-order valence-corrected chi connectivity index (χ0v) is 17.2. The summed E-state index contributed by atoms with van der Waals surface area (Å²) in [4.78, 5) is 0. The highest BCUT2D eigenvalue weighted by Gasteiger charge is 2.60. The molecular weight excluding hydrogens is 392 g/mol. The van der Waals surface area contributed by atoms with Crippen LogP contribution in [0, 0.1) is 0 Å². The first-order valence-corrected chi connectivity index (χ1v) is 11.1. The van der Waals surface area contributed by atoms with E-state index in [0.29, 0.717) is 0 Å². The molecule has 2 heteroatoms. The molecule has 5 aromatic carbocycles. The Morgan fingerprint density at radius 3 is 2.19 bits per heavy atom. The van der Waals surface area contributed by atoms with Crippen molar-refractivity contribution >= 4 is 33.2 Å². The standard InChI is InChI=1S/C30H18O2/c1-4-10-21-18(7-1)13-15-25-27(21)24-17-20-9-3-6-12-23(20)30(24)29(31-25)28-22-11-5-2-8-19(22)14-16-26(28)32-30/h1-17,29H/t29-,30-/m1/s1. The molecule has 0 radical (unpaired) electrons. The van der Waals surface area contributed by atoms with Gasteiger partial charge in [0, 0.05) is 22.3 Å². The maximum absolute atomic E-state index is 6.97. The summed E-state index contributed by atoms with van der Waals surface area (Å²) in [5.74, 6) is 1.83. The molecule has 0 unspecified atom stereocenters. The van der Waals surface area contributed by atoms with Crippen molar-refractivity contribution in [3.05, 3.63) is 119 Å². The Morgan fingerprint density at radius 1 is 0.625 bits per heavy atom. The summed E-state index contributed by atoms with van der Waals surface area (Å²) in [6.07, 6.45) is 2.07. The van der Waals surface area contributed by atoms with Gasteiger partial charge in [-0.05, 0) is 45.3 Å². The van der Waals surface area contributed by atoms with E-state index in [1.807, 2.05) is 0 Å². The van der Waals surface area contributed by atoms with Crippen molar-refractivity contribution in [2.45, 2.75) is 11.7 Å². The number of ether oxygens (including phenoxy) is 2. The SMILES string of the molecule is C1=C2c3c(ccc4ccccc34)O[C@@H]3c4c(ccc5ccccc45)O[C@]23c2ccccc21. The summed E-state index contributed by atoms with van der Waals surface area (Å²) >= 11 is 0. The molecule has 0 fully saturated rings. The maximum atomic E-state index is 6.97. The van der Waals surface area contributed by atoms with Gasteiger partial charge in [-0.3, -0.25) is 0 Å². The van der Waals surface area contributed by atoms with Crippen LogP contribution in [0.2, 0.25) is 0 Å². The number of rotatable bonds is 0. The maximum Gasteiger partial charge on any atom is 0.201 e. The summed E-state index contributed by atoms with van der Waals surface area (Å²) in [7, 11) is 0. The van der Waals surface area contributed by atoms with Gasteiger partial charge in [0.1, 0.15) is 11.5 Å². The molecule has 2 atom stereocenters. The van der Waals surface area contributed by atoms with Gasteiger partial charge < -0.3 is 9.47 Å². The average molecular weight is 410 g/mol. The smallest absolute Gasteiger partial charge is 0.201 e. The lowest BCUT2D eigenvalue weighted by Crippen LogP contribution is -2.40. The zero-order chi connectivity index (χ0) is 20.9. The highest BCUT2D eigenvalue weighted by molar-refractivity contribution is 6.07. The Hall–Kier alpha value is -4.04. The lowest BCUT2D eigenvalue weighted by molar-refractivity contribution is 0.0240. The summed E-state index contributed by atoms with van der Waals surface area (Å²) in [5.41, 5.74) is 5.19. The van der Waals surface area contributed by atoms with Gasteiger partial charge in [0.05, 0.1) is 0 Å². The van der Waals surface area contributed by atoms with E-state index in [1.54, 1.807) is 0 Å². The average Bonchev–Trinajstić information content (AvgIpc) is 3.36. The Balaban J connectivity index is 1.51. The molecule has 0 N–H and O–H groups in total. The first-order chi connectivity index (χ1) is 15.8. The number of benzene rings is 5. The second-order valence-electron chi connectivity index (χ2n) is 8.84. The summed E-state index contributed by atoms with van der Waals surface area (Å²) < 4.78 is 13.9. The minimum Gasteiger partial charge on any atom is -0.480 e. The van der Waals surface area contributed by atoms with Gasteiger partial charge >= 0.3 is 0 Å². The predicted octanol–water partition coefficient (Wildman–Crippen LogP) is 7.27. The van der Waals surface area contributed by atoms with Crippen LogP contribution in [0.25, 0.3) is 33.2 Å². The van der Waals surface area contributed by atoms with Crippen LogP contribution < -0.4 is 9.47 Å². The van der Waals surface area contributed by atoms with Gasteiger partial charge in [-0.25, -0.2) is 0 Å². The molecule has 0 amide bonds. The van der Waals surface area contributed by atoms with Crippen molar-refractivity contribution in [2.75, 3.05) is 0 Å². The van der Waals surface area contributed by atoms with Crippen molar-refractivity contribution in [2.24, 2.45) is 0 Å². The quantitative estimate of drug-likeness (QED) is 0.267. The van der Waals surface area contributed by atoms with Crippen molar-refractivity contribution in [1.82, 2.24) is 0 Å². The molecule has 2 aliphatic heterocycles. The lowest BCUT2D eigenvalue weighted by atomic mass is 9.76. The molecule has 32 heavy (non-hydrogen) atoms. The highest BCUT2D eigenvalue weighted by Crippen LogP contribution is 2.66. The zero-order valence-electron chi connectivity index (χ0n) is 17.2. The molecule has 0 bridgehead atoms. The van der Waals surface area contributed by atoms with E-state index in [2.05, 4.69) is 103 Å². The van der Waals surface area contributed by atoms with Crippen molar-refractivity contribution < 1.29 is 9.47 Å². The van der Waals surface area contributed by atoms with Gasteiger partial charge in [0.25, 0.3) is 0 Å². The molecule has 2 heterocycles. The van der Waals surface area contributed by atoms with Gasteiger partial charge in [-0.2, -0.15) is 0 Å². The van der Waals surface area contributed by atoms with E-state index in [-0.39, 0.29) is 6.10 Å². The molecule has 0 saturated heterocycles. The van der Waals surface area contributed by atoms with Crippen LogP contribution in [0.4, 0.5) is 0 Å². The number of hydrogen-bond acceptors (Lipinski definition) is 2. The lowest BCUT2D eigenvalue weighted by Gasteiger charge is -2.40. The predicted molar refractivity (Wildman–Crippen MR) is 128 cm³/mol. The van der Waals surface area contributed by atoms with Gasteiger partial charge in [-0.1, -0.05) is 84.9 Å². The molecule has 2 nitrogen and oxygen atoms in total. The second kappa shape index (κ2) is 5.60. The van der Waals surface area contributed by atoms with Crippen molar-refractivity contribution in [1.29, 1.82) is 0 Å². The summed E-state index contributed by atoms with van der Waals surface area (Å²) in [6, 6.07) is 34.2. The Morgan fingerprint density at radius 2 is 1.31 bits per heavy atom. The van der Waals surface area contributed by atoms with E-state index in [0.717, 1.165) is 22.6 Å². The second-order valence-corrected chi connectivity index (χ2v) is 8.84. The fourth-order valence-corrected chi connectivity index (χ4v) is 5.98. The largest absolute Gasteiger partial charge is 0.480 e. The monoisotopic (exact) mass is 410 g/mol. The fraction of sp³-hybridized carbons (Fsp3) is 0.0667. The molecule has 3 aliphatic rings. The molecule has 0 aromatic heterocycles. The molecule has 8 rings (SSSR count). The third-order valence-electron chi connectivity index (χ3n) is 7.30. The first-order valence-electron chi connectivity index (χ1n) is 11.1. The van der Waals surface area contributed by atoms with E-state index in [1.165, 1.54) is 38.2 Å². The number of fused-ring (bicyclic) bond motifs is 9. The first kappa shape index (κ1) is 16.6. The van der Waals surface area contributed by atoms with Crippen LogP contribution in [0.1, 0.15) is 28.4 Å². The minimum absolute atomic E-state index is 0.243. The van der Waals surface area contributed by atoms with Crippen LogP contribution in [0.3, 0.4) is 0 Å². The Labute approximate surface area is 185 Å². The van der Waals surface area contributed by atoms with Crippen LogP contribution in [-0.2, 0) is 5.60 Å². The van der Waals surface area contributed by atoms with Crippen LogP contribution in [0.5, 0.6) is 11.5 Å². The Bertz CT molecular complexity index is 1640. The third kappa shape index (κ3) is 1.83. The topological polar surface area (TPSA) is 18.5 Å². The molecular formula is C30H18O2. The third-order valence-corrected chi connectivity index (χ3v) is 7.30. The van der Waals surface area contributed by atoms with E-state index < -0.39 is 5.60 Å². The molecule has 150 valence electrons. The van der Waals surface area contributed by atoms with E-state index in [9.17, 15) is 0 Å². The molecule has 1 spiro atoms. The van der Waals surface area contributed by atoms with Crippen LogP contribution in [0.15, 0.2) is 97.1 Å². The number of hydrogen-bond donors (Lipinski definition) is 0. The van der Waals surface area contributed by atoms with Crippen LogP contribution >= 0.6 is 0 Å². The van der Waals surface area contributed by atoms with Gasteiger partial charge in [0.15, 0.2) is 6.10 Å². The fourth-order valence-electron chi connectivity index (χ4n) is 5.98. The molecule has 1 aliphatic carbocycles. The summed E-state index contributed by atoms with van der Waals surface area (Å²) in [5, 5.41) is 4.81. The molecule has 5 aromatic rings. The van der Waals surface area contributed by atoms with Gasteiger partial charge in [0.2, 0.25) is 5.60 Å². The minimum atomic E-state index is -0.680. The molecule has 0 saturated carbocycles. The Kier molecular flexibility index (Phi) is 2.91. The highest BCUT2D eigenvalue weighted by atomic mass is 16.6. The van der Waals surface area contributed by atoms with Crippen LogP contribution in [-0.4, -0.2) is 0 Å². The van der Waals surface area contributed by atoms with E-state index >= 15 is 0 Å². The van der Waals surface area contributed by atoms with Crippen molar-refractivity contribution in [3.63, 3.8) is 0 Å². The normalized spacial score (nSPS) is 21.6. The van der Waals surface area contributed by atoms with Crippen molar-refractivity contribution in [3.8, 4) is 11.5 Å². The summed E-state index contributed by atoms with van der Waals surface area (Å²) in [6.45, 7) is 0. The van der Waals surface area contributed by atoms with E-state index in [4.69, 9.17) is 9.47 Å².